The molecule has 0 fully saturated rings. The van der Waals surface area contributed by atoms with Crippen LogP contribution in [0.25, 0.3) is 0 Å². The van der Waals surface area contributed by atoms with Crippen LogP contribution in [0.5, 0.6) is 23.0 Å². The fourth-order valence-electron chi connectivity index (χ4n) is 5.18. The Morgan fingerprint density at radius 3 is 2.24 bits per heavy atom. The van der Waals surface area contributed by atoms with E-state index < -0.39 is 0 Å². The summed E-state index contributed by atoms with van der Waals surface area (Å²) in [5, 5.41) is 0. The molecule has 0 aromatic heterocycles. The lowest BCUT2D eigenvalue weighted by Gasteiger charge is -2.34. The maximum Gasteiger partial charge on any atom is 0.231 e. The summed E-state index contributed by atoms with van der Waals surface area (Å²) in [7, 11) is 5.42. The highest BCUT2D eigenvalue weighted by molar-refractivity contribution is 5.85. The molecule has 7 nitrogen and oxygen atoms in total. The van der Waals surface area contributed by atoms with Gasteiger partial charge in [-0.05, 0) is 72.8 Å². The van der Waals surface area contributed by atoms with Crippen molar-refractivity contribution < 1.29 is 23.7 Å². The molecule has 1 aliphatic carbocycles. The summed E-state index contributed by atoms with van der Waals surface area (Å²) in [6.45, 7) is 3.52. The number of carbonyl (C=O) groups excluding carboxylic acids is 1. The molecule has 2 aromatic rings. The highest BCUT2D eigenvalue weighted by Crippen LogP contribution is 2.44. The Morgan fingerprint density at radius 1 is 1.00 bits per heavy atom. The van der Waals surface area contributed by atoms with Crippen LogP contribution in [0.2, 0.25) is 0 Å². The number of likely N-dealkylation sites (N-methyl/N-ethyl adjacent to an activating group) is 1. The Kier molecular flexibility index (Phi) is 7.43. The monoisotopic (exact) mass is 488 g/mol. The summed E-state index contributed by atoms with van der Waals surface area (Å²) in [5.41, 5.74) is 5.19. The van der Waals surface area contributed by atoms with E-state index in [1.54, 1.807) is 14.2 Å². The molecule has 2 aromatic carbocycles. The zero-order valence-electron chi connectivity index (χ0n) is 20.1. The number of hydrogen-bond acceptors (Lipinski definition) is 6. The molecule has 0 N–H and O–H groups in total. The maximum absolute atomic E-state index is 13.0. The third kappa shape index (κ3) is 4.77. The first-order valence-electron chi connectivity index (χ1n) is 11.7. The minimum atomic E-state index is 0. The fraction of sp³-hybridized carbons (Fsp3) is 0.500. The molecule has 34 heavy (non-hydrogen) atoms. The van der Waals surface area contributed by atoms with E-state index in [0.717, 1.165) is 68.4 Å². The lowest BCUT2D eigenvalue weighted by molar-refractivity contribution is -0.131. The number of carbonyl (C=O) groups is 1. The average Bonchev–Trinajstić information content (AvgIpc) is 3.18. The third-order valence-corrected chi connectivity index (χ3v) is 7.14. The molecule has 2 aliphatic heterocycles. The van der Waals surface area contributed by atoms with Crippen molar-refractivity contribution in [1.82, 2.24) is 9.80 Å². The number of fused-ring (bicyclic) bond motifs is 3. The summed E-state index contributed by atoms with van der Waals surface area (Å²) in [5.74, 6) is 3.94. The highest BCUT2D eigenvalue weighted by Gasteiger charge is 2.31. The van der Waals surface area contributed by atoms with Gasteiger partial charge in [0.2, 0.25) is 12.7 Å². The quantitative estimate of drug-likeness (QED) is 0.595. The van der Waals surface area contributed by atoms with Crippen LogP contribution in [0.1, 0.15) is 34.6 Å². The van der Waals surface area contributed by atoms with E-state index in [0.29, 0.717) is 19.1 Å². The Hall–Kier alpha value is -2.64. The number of hydrogen-bond donors (Lipinski definition) is 0. The molecule has 0 spiro atoms. The van der Waals surface area contributed by atoms with Gasteiger partial charge in [-0.1, -0.05) is 0 Å². The average molecular weight is 489 g/mol. The van der Waals surface area contributed by atoms with Crippen molar-refractivity contribution in [3.63, 3.8) is 0 Å². The van der Waals surface area contributed by atoms with Crippen molar-refractivity contribution >= 4 is 18.3 Å². The topological polar surface area (TPSA) is 60.5 Å². The van der Waals surface area contributed by atoms with Gasteiger partial charge in [0.25, 0.3) is 0 Å². The van der Waals surface area contributed by atoms with E-state index in [4.69, 9.17) is 18.9 Å². The van der Waals surface area contributed by atoms with Gasteiger partial charge in [-0.2, -0.15) is 0 Å². The lowest BCUT2D eigenvalue weighted by atomic mass is 9.77. The van der Waals surface area contributed by atoms with Crippen LogP contribution in [-0.2, 0) is 24.1 Å². The minimum absolute atomic E-state index is 0. The van der Waals surface area contributed by atoms with E-state index in [1.165, 1.54) is 22.3 Å². The van der Waals surface area contributed by atoms with Crippen LogP contribution in [0.3, 0.4) is 0 Å². The summed E-state index contributed by atoms with van der Waals surface area (Å²) in [6, 6.07) is 8.35. The number of methoxy groups -OCH3 is 2. The summed E-state index contributed by atoms with van der Waals surface area (Å²) < 4.78 is 21.9. The Bertz CT molecular complexity index is 1020. The SMILES string of the molecule is COc1cc2c(cc1OC)CCN(C(=O)CCN(C)CC1Cc3cc4c(cc31)OCO4)CC2.Cl. The summed E-state index contributed by atoms with van der Waals surface area (Å²) >= 11 is 0. The molecule has 1 amide bonds. The van der Waals surface area contributed by atoms with Gasteiger partial charge in [-0.15, -0.1) is 12.4 Å². The zero-order chi connectivity index (χ0) is 22.9. The van der Waals surface area contributed by atoms with Gasteiger partial charge in [-0.25, -0.2) is 0 Å². The second kappa shape index (κ2) is 10.3. The van der Waals surface area contributed by atoms with E-state index in [1.807, 2.05) is 4.90 Å². The van der Waals surface area contributed by atoms with E-state index in [-0.39, 0.29) is 18.3 Å². The molecule has 1 atom stereocenters. The van der Waals surface area contributed by atoms with Crippen molar-refractivity contribution in [1.29, 1.82) is 0 Å². The predicted molar refractivity (Wildman–Crippen MR) is 132 cm³/mol. The first-order valence-corrected chi connectivity index (χ1v) is 11.7. The van der Waals surface area contributed by atoms with Crippen molar-refractivity contribution in [2.45, 2.75) is 31.6 Å². The smallest absolute Gasteiger partial charge is 0.231 e. The molecule has 1 unspecified atom stereocenters. The highest BCUT2D eigenvalue weighted by atomic mass is 35.5. The molecule has 5 rings (SSSR count). The van der Waals surface area contributed by atoms with Gasteiger partial charge in [0, 0.05) is 38.5 Å². The fourth-order valence-corrected chi connectivity index (χ4v) is 5.18. The normalized spacial score (nSPS) is 17.8. The molecular formula is C26H33ClN2O5. The molecule has 8 heteroatoms. The number of ether oxygens (including phenoxy) is 4. The Labute approximate surface area is 207 Å². The molecule has 0 saturated heterocycles. The number of halogens is 1. The molecule has 184 valence electrons. The third-order valence-electron chi connectivity index (χ3n) is 7.14. The van der Waals surface area contributed by atoms with Gasteiger partial charge in [0.05, 0.1) is 14.2 Å². The Morgan fingerprint density at radius 2 is 1.62 bits per heavy atom. The number of benzene rings is 2. The van der Waals surface area contributed by atoms with Crippen molar-refractivity contribution in [3.05, 3.63) is 46.5 Å². The largest absolute Gasteiger partial charge is 0.493 e. The first-order chi connectivity index (χ1) is 16.1. The number of rotatable bonds is 7. The van der Waals surface area contributed by atoms with E-state index in [2.05, 4.69) is 36.2 Å². The van der Waals surface area contributed by atoms with Crippen LogP contribution < -0.4 is 18.9 Å². The summed E-state index contributed by atoms with van der Waals surface area (Å²) in [6.07, 6.45) is 3.28. The second-order valence-electron chi connectivity index (χ2n) is 9.17. The van der Waals surface area contributed by atoms with Crippen LogP contribution in [0.15, 0.2) is 24.3 Å². The molecule has 2 heterocycles. The minimum Gasteiger partial charge on any atom is -0.493 e. The van der Waals surface area contributed by atoms with Crippen molar-refractivity contribution in [2.24, 2.45) is 0 Å². The molecular weight excluding hydrogens is 456 g/mol. The molecule has 0 radical (unpaired) electrons. The number of nitrogens with zero attached hydrogens (tertiary/aromatic N) is 2. The van der Waals surface area contributed by atoms with Gasteiger partial charge in [-0.3, -0.25) is 4.79 Å². The molecule has 3 aliphatic rings. The van der Waals surface area contributed by atoms with Crippen LogP contribution in [0.4, 0.5) is 0 Å². The van der Waals surface area contributed by atoms with Crippen molar-refractivity contribution in [2.75, 3.05) is 54.2 Å². The van der Waals surface area contributed by atoms with Gasteiger partial charge < -0.3 is 28.7 Å². The maximum atomic E-state index is 13.0. The molecule has 0 bridgehead atoms. The van der Waals surface area contributed by atoms with E-state index in [9.17, 15) is 4.79 Å². The van der Waals surface area contributed by atoms with Gasteiger partial charge >= 0.3 is 0 Å². The second-order valence-corrected chi connectivity index (χ2v) is 9.17. The predicted octanol–water partition coefficient (Wildman–Crippen LogP) is 3.44. The zero-order valence-corrected chi connectivity index (χ0v) is 20.9. The number of amides is 1. The van der Waals surface area contributed by atoms with Gasteiger partial charge in [0.1, 0.15) is 0 Å². The van der Waals surface area contributed by atoms with Crippen LogP contribution in [-0.4, -0.2) is 69.9 Å². The molecule has 0 saturated carbocycles. The standard InChI is InChI=1S/C26H32N2O5.ClH/c1-27(15-20-10-19-13-24-25(14-21(19)20)33-16-32-24)7-6-26(29)28-8-4-17-11-22(30-2)23(31-3)12-18(17)5-9-28;/h11-14,20H,4-10,15-16H2,1-3H3;1H. The Balaban J connectivity index is 0.00000274. The van der Waals surface area contributed by atoms with Crippen LogP contribution >= 0.6 is 12.4 Å². The first kappa shape index (κ1) is 24.5. The van der Waals surface area contributed by atoms with Crippen molar-refractivity contribution in [3.8, 4) is 23.0 Å². The van der Waals surface area contributed by atoms with E-state index >= 15 is 0 Å². The summed E-state index contributed by atoms with van der Waals surface area (Å²) in [4.78, 5) is 17.2. The lowest BCUT2D eigenvalue weighted by Crippen LogP contribution is -2.37. The van der Waals surface area contributed by atoms with Gasteiger partial charge in [0.15, 0.2) is 23.0 Å². The van der Waals surface area contributed by atoms with Crippen LogP contribution in [0, 0.1) is 0 Å².